The van der Waals surface area contributed by atoms with Gasteiger partial charge in [-0.25, -0.2) is 5.01 Å². The van der Waals surface area contributed by atoms with Crippen LogP contribution >= 0.6 is 0 Å². The van der Waals surface area contributed by atoms with E-state index in [1.54, 1.807) is 18.5 Å². The number of hydrogen-bond donors (Lipinski definition) is 2. The smallest absolute Gasteiger partial charge is 0.283 e. The van der Waals surface area contributed by atoms with Crippen LogP contribution in [0.5, 0.6) is 0 Å². The second-order valence-electron chi connectivity index (χ2n) is 4.48. The van der Waals surface area contributed by atoms with E-state index >= 15 is 0 Å². The Kier molecular flexibility index (Phi) is 2.93. The van der Waals surface area contributed by atoms with Crippen molar-refractivity contribution in [3.05, 3.63) is 24.2 Å². The van der Waals surface area contributed by atoms with Crippen LogP contribution < -0.4 is 5.43 Å². The van der Waals surface area contributed by atoms with Crippen molar-refractivity contribution in [1.82, 2.24) is 25.6 Å². The maximum absolute atomic E-state index is 12.1. The summed E-state index contributed by atoms with van der Waals surface area (Å²) in [6.45, 7) is 1.82. The molecule has 0 spiro atoms. The fraction of sp³-hybridized carbons (Fsp3) is 0.417. The summed E-state index contributed by atoms with van der Waals surface area (Å²) < 4.78 is 0. The number of hydrogen-bond acceptors (Lipinski definition) is 4. The molecule has 0 saturated carbocycles. The summed E-state index contributed by atoms with van der Waals surface area (Å²) in [6.07, 6.45) is 6.82. The van der Waals surface area contributed by atoms with Gasteiger partial charge < -0.3 is 0 Å². The minimum absolute atomic E-state index is 0.170. The summed E-state index contributed by atoms with van der Waals surface area (Å²) >= 11 is 0. The van der Waals surface area contributed by atoms with Gasteiger partial charge in [-0.15, -0.1) is 0 Å². The van der Waals surface area contributed by atoms with E-state index in [9.17, 15) is 4.79 Å². The molecule has 1 aliphatic rings. The van der Waals surface area contributed by atoms with E-state index in [1.807, 2.05) is 5.01 Å². The summed E-state index contributed by atoms with van der Waals surface area (Å²) in [4.78, 5) is 16.1. The average molecular weight is 245 g/mol. The van der Waals surface area contributed by atoms with Gasteiger partial charge in [-0.05, 0) is 18.9 Å². The highest BCUT2D eigenvalue weighted by Gasteiger charge is 2.18. The lowest BCUT2D eigenvalue weighted by molar-refractivity contribution is 0.0746. The Morgan fingerprint density at radius 2 is 2.17 bits per heavy atom. The van der Waals surface area contributed by atoms with Crippen LogP contribution in [0.25, 0.3) is 10.9 Å². The number of carbonyl (C=O) groups is 1. The molecule has 0 atom stereocenters. The van der Waals surface area contributed by atoms with Crippen LogP contribution in [-0.4, -0.2) is 39.2 Å². The maximum atomic E-state index is 12.1. The number of pyridine rings is 1. The zero-order valence-corrected chi connectivity index (χ0v) is 10.0. The van der Waals surface area contributed by atoms with Crippen LogP contribution in [-0.2, 0) is 0 Å². The second-order valence-corrected chi connectivity index (χ2v) is 4.48. The Balaban J connectivity index is 1.79. The number of H-pyrrole nitrogens is 1. The molecule has 1 amide bonds. The number of aromatic nitrogens is 3. The molecule has 2 aromatic rings. The summed E-state index contributed by atoms with van der Waals surface area (Å²) in [7, 11) is 0. The first-order valence-electron chi connectivity index (χ1n) is 6.18. The third kappa shape index (κ3) is 2.06. The van der Waals surface area contributed by atoms with Crippen molar-refractivity contribution >= 4 is 16.8 Å². The number of aromatic amines is 1. The van der Waals surface area contributed by atoms with Gasteiger partial charge >= 0.3 is 0 Å². The van der Waals surface area contributed by atoms with Crippen molar-refractivity contribution in [2.75, 3.05) is 13.1 Å². The van der Waals surface area contributed by atoms with E-state index in [0.29, 0.717) is 5.69 Å². The molecule has 0 bridgehead atoms. The molecule has 0 aromatic carbocycles. The van der Waals surface area contributed by atoms with Crippen molar-refractivity contribution in [3.63, 3.8) is 0 Å². The Labute approximate surface area is 104 Å². The number of amides is 1. The Hall–Kier alpha value is -1.95. The fourth-order valence-electron chi connectivity index (χ4n) is 2.23. The van der Waals surface area contributed by atoms with Gasteiger partial charge in [-0.1, -0.05) is 6.42 Å². The highest BCUT2D eigenvalue weighted by Crippen LogP contribution is 2.14. The molecule has 94 valence electrons. The molecule has 0 radical (unpaired) electrons. The molecular weight excluding hydrogens is 230 g/mol. The molecule has 0 unspecified atom stereocenters. The third-order valence-corrected chi connectivity index (χ3v) is 3.20. The number of nitrogens with one attached hydrogen (secondary N) is 2. The summed E-state index contributed by atoms with van der Waals surface area (Å²) in [5.41, 5.74) is 4.13. The zero-order chi connectivity index (χ0) is 12.4. The molecule has 2 aromatic heterocycles. The fourth-order valence-corrected chi connectivity index (χ4v) is 2.23. The van der Waals surface area contributed by atoms with Crippen molar-refractivity contribution in [3.8, 4) is 0 Å². The van der Waals surface area contributed by atoms with Gasteiger partial charge in [0.25, 0.3) is 5.91 Å². The number of hydrazine groups is 1. The van der Waals surface area contributed by atoms with Crippen molar-refractivity contribution in [2.45, 2.75) is 19.3 Å². The lowest BCUT2D eigenvalue weighted by atomic mass is 10.2. The Morgan fingerprint density at radius 3 is 3.00 bits per heavy atom. The molecular formula is C12H15N5O. The number of rotatable bonds is 2. The van der Waals surface area contributed by atoms with E-state index in [0.717, 1.165) is 36.8 Å². The van der Waals surface area contributed by atoms with Crippen LogP contribution in [0.1, 0.15) is 29.8 Å². The first kappa shape index (κ1) is 11.2. The molecule has 18 heavy (non-hydrogen) atoms. The SMILES string of the molecule is O=C(NN1CCCCC1)c1n[nH]c2ccncc12. The molecule has 1 fully saturated rings. The van der Waals surface area contributed by atoms with Gasteiger partial charge in [0.15, 0.2) is 5.69 Å². The maximum Gasteiger partial charge on any atom is 0.286 e. The van der Waals surface area contributed by atoms with Crippen molar-refractivity contribution in [2.24, 2.45) is 0 Å². The topological polar surface area (TPSA) is 73.9 Å². The molecule has 6 nitrogen and oxygen atoms in total. The van der Waals surface area contributed by atoms with Gasteiger partial charge in [-0.3, -0.25) is 20.3 Å². The molecule has 3 rings (SSSR count). The predicted molar refractivity (Wildman–Crippen MR) is 66.8 cm³/mol. The standard InChI is InChI=1S/C12H15N5O/c18-12(16-17-6-2-1-3-7-17)11-9-8-13-5-4-10(9)14-15-11/h4-5,8H,1-3,6-7H2,(H,14,15)(H,16,18). The van der Waals surface area contributed by atoms with Crippen LogP contribution in [0.3, 0.4) is 0 Å². The summed E-state index contributed by atoms with van der Waals surface area (Å²) in [6, 6.07) is 1.81. The summed E-state index contributed by atoms with van der Waals surface area (Å²) in [5, 5.41) is 9.61. The molecule has 0 aliphatic carbocycles. The van der Waals surface area contributed by atoms with E-state index < -0.39 is 0 Å². The predicted octanol–water partition coefficient (Wildman–Crippen LogP) is 1.09. The summed E-state index contributed by atoms with van der Waals surface area (Å²) in [5.74, 6) is -0.170. The minimum Gasteiger partial charge on any atom is -0.283 e. The highest BCUT2D eigenvalue weighted by atomic mass is 16.2. The number of piperidine rings is 1. The van der Waals surface area contributed by atoms with E-state index in [-0.39, 0.29) is 5.91 Å². The second kappa shape index (κ2) is 4.73. The third-order valence-electron chi connectivity index (χ3n) is 3.20. The largest absolute Gasteiger partial charge is 0.286 e. The van der Waals surface area contributed by atoms with E-state index in [4.69, 9.17) is 0 Å². The van der Waals surface area contributed by atoms with Crippen molar-refractivity contribution in [1.29, 1.82) is 0 Å². The molecule has 6 heteroatoms. The molecule has 1 aliphatic heterocycles. The Bertz CT molecular complexity index is 558. The number of carbonyl (C=O) groups excluding carboxylic acids is 1. The van der Waals surface area contributed by atoms with Crippen LogP contribution in [0.4, 0.5) is 0 Å². The first-order chi connectivity index (χ1) is 8.84. The van der Waals surface area contributed by atoms with Crippen LogP contribution in [0, 0.1) is 0 Å². The quantitative estimate of drug-likeness (QED) is 0.830. The lowest BCUT2D eigenvalue weighted by Gasteiger charge is -2.26. The normalized spacial score (nSPS) is 16.9. The minimum atomic E-state index is -0.170. The monoisotopic (exact) mass is 245 g/mol. The van der Waals surface area contributed by atoms with Gasteiger partial charge in [0.1, 0.15) is 0 Å². The highest BCUT2D eigenvalue weighted by molar-refractivity contribution is 6.04. The van der Waals surface area contributed by atoms with Gasteiger partial charge in [-0.2, -0.15) is 5.10 Å². The van der Waals surface area contributed by atoms with Gasteiger partial charge in [0.05, 0.1) is 10.9 Å². The van der Waals surface area contributed by atoms with Crippen LogP contribution in [0.15, 0.2) is 18.5 Å². The molecule has 3 heterocycles. The number of nitrogens with zero attached hydrogens (tertiary/aromatic N) is 3. The van der Waals surface area contributed by atoms with Gasteiger partial charge in [0, 0.05) is 25.5 Å². The number of fused-ring (bicyclic) bond motifs is 1. The zero-order valence-electron chi connectivity index (χ0n) is 10.0. The lowest BCUT2D eigenvalue weighted by Crippen LogP contribution is -2.45. The van der Waals surface area contributed by atoms with E-state index in [1.165, 1.54) is 6.42 Å². The Morgan fingerprint density at radius 1 is 1.33 bits per heavy atom. The van der Waals surface area contributed by atoms with Crippen LogP contribution in [0.2, 0.25) is 0 Å². The van der Waals surface area contributed by atoms with Gasteiger partial charge in [0.2, 0.25) is 0 Å². The average Bonchev–Trinajstić information content (AvgIpc) is 2.84. The molecule has 2 N–H and O–H groups in total. The van der Waals surface area contributed by atoms with E-state index in [2.05, 4.69) is 20.6 Å². The molecule has 1 saturated heterocycles. The first-order valence-corrected chi connectivity index (χ1v) is 6.18. The van der Waals surface area contributed by atoms with Crippen molar-refractivity contribution < 1.29 is 4.79 Å².